The van der Waals surface area contributed by atoms with Gasteiger partial charge < -0.3 is 50.6 Å². The quantitative estimate of drug-likeness (QED) is 0.0269. The molecular formula is C65H99N9O13S. The zero-order chi connectivity index (χ0) is 65.4. The molecule has 11 atom stereocenters. The number of nitrogens with two attached hydrogens (primary N) is 2. The summed E-state index contributed by atoms with van der Waals surface area (Å²) >= 11 is 1.54. The number of rotatable bonds is 38. The number of carbonyl (C=O) groups is 9. The van der Waals surface area contributed by atoms with Crippen LogP contribution in [-0.4, -0.2) is 157 Å². The van der Waals surface area contributed by atoms with E-state index in [9.17, 15) is 43.2 Å². The van der Waals surface area contributed by atoms with E-state index in [1.165, 1.54) is 23.3 Å². The molecule has 0 bridgehead atoms. The highest BCUT2D eigenvalue weighted by Crippen LogP contribution is 2.34. The van der Waals surface area contributed by atoms with Crippen LogP contribution in [0.1, 0.15) is 142 Å². The summed E-state index contributed by atoms with van der Waals surface area (Å²) in [5.74, 6) is -0.459. The predicted octanol–water partition coefficient (Wildman–Crippen LogP) is 7.87. The van der Waals surface area contributed by atoms with Crippen molar-refractivity contribution >= 4 is 70.1 Å². The van der Waals surface area contributed by atoms with Crippen molar-refractivity contribution in [3.8, 4) is 0 Å². The average molecular weight is 1250 g/mol. The van der Waals surface area contributed by atoms with Gasteiger partial charge in [-0.3, -0.25) is 38.4 Å². The fourth-order valence-electron chi connectivity index (χ4n) is 12.0. The predicted molar refractivity (Wildman–Crippen MR) is 337 cm³/mol. The van der Waals surface area contributed by atoms with Crippen molar-refractivity contribution in [3.05, 3.63) is 82.3 Å². The van der Waals surface area contributed by atoms with Gasteiger partial charge >= 0.3 is 12.1 Å². The van der Waals surface area contributed by atoms with Crippen molar-refractivity contribution in [1.82, 2.24) is 30.3 Å². The van der Waals surface area contributed by atoms with Crippen LogP contribution >= 0.6 is 11.3 Å². The molecule has 488 valence electrons. The first-order valence-electron chi connectivity index (χ1n) is 30.8. The van der Waals surface area contributed by atoms with E-state index in [2.05, 4.69) is 37.9 Å². The number of aromatic nitrogens is 1. The molecule has 0 aliphatic carbocycles. The molecule has 1 fully saturated rings. The Labute approximate surface area is 524 Å². The van der Waals surface area contributed by atoms with Gasteiger partial charge in [-0.15, -0.1) is 11.3 Å². The number of likely N-dealkylation sites (N-methyl/N-ethyl adjacent to an activating group) is 2. The summed E-state index contributed by atoms with van der Waals surface area (Å²) in [5, 5.41) is 10.8. The molecule has 3 aromatic rings. The van der Waals surface area contributed by atoms with E-state index < -0.39 is 78.6 Å². The molecule has 0 radical (unpaired) electrons. The van der Waals surface area contributed by atoms with Gasteiger partial charge in [-0.1, -0.05) is 111 Å². The van der Waals surface area contributed by atoms with Crippen LogP contribution in [0.25, 0.3) is 0 Å². The van der Waals surface area contributed by atoms with Gasteiger partial charge in [0.05, 0.1) is 47.8 Å². The number of ether oxygens (including phenoxy) is 3. The highest BCUT2D eigenvalue weighted by atomic mass is 32.1. The fraction of sp³-hybridized carbons (Fsp3) is 0.631. The first-order valence-corrected chi connectivity index (χ1v) is 31.7. The number of likely N-dealkylation sites (tertiary alicyclic amines) is 1. The van der Waals surface area contributed by atoms with Gasteiger partial charge in [0.2, 0.25) is 23.6 Å². The Morgan fingerprint density at radius 1 is 0.795 bits per heavy atom. The highest BCUT2D eigenvalue weighted by Gasteiger charge is 2.44. The van der Waals surface area contributed by atoms with Crippen molar-refractivity contribution in [1.29, 1.82) is 0 Å². The zero-order valence-corrected chi connectivity index (χ0v) is 54.8. The Morgan fingerprint density at radius 2 is 1.48 bits per heavy atom. The minimum absolute atomic E-state index is 0.0314. The molecule has 23 heteroatoms. The first kappa shape index (κ1) is 73.8. The monoisotopic (exact) mass is 1250 g/mol. The molecule has 0 saturated carbocycles. The maximum atomic E-state index is 14.9. The van der Waals surface area contributed by atoms with Crippen LogP contribution in [0.4, 0.5) is 15.3 Å². The van der Waals surface area contributed by atoms with Crippen molar-refractivity contribution in [2.24, 2.45) is 53.1 Å². The van der Waals surface area contributed by atoms with Crippen LogP contribution in [0.3, 0.4) is 0 Å². The number of thiazole rings is 1. The summed E-state index contributed by atoms with van der Waals surface area (Å²) in [6, 6.07) is 13.1. The summed E-state index contributed by atoms with van der Waals surface area (Å²) < 4.78 is 18.0. The summed E-state index contributed by atoms with van der Waals surface area (Å²) in [7, 11) is 6.32. The van der Waals surface area contributed by atoms with Crippen LogP contribution in [0, 0.1) is 41.4 Å². The van der Waals surface area contributed by atoms with Gasteiger partial charge in [-0.2, -0.15) is 0 Å². The van der Waals surface area contributed by atoms with E-state index in [4.69, 9.17) is 25.8 Å². The Morgan fingerprint density at radius 3 is 2.05 bits per heavy atom. The van der Waals surface area contributed by atoms with Gasteiger partial charge in [0.25, 0.3) is 0 Å². The minimum Gasteiger partial charge on any atom is -0.445 e. The number of nitrogens with zero attached hydrogens (tertiary/aromatic N) is 4. The molecule has 1 saturated heterocycles. The molecule has 0 unspecified atom stereocenters. The van der Waals surface area contributed by atoms with Gasteiger partial charge in [0.15, 0.2) is 11.6 Å². The first-order chi connectivity index (χ1) is 41.8. The maximum absolute atomic E-state index is 14.9. The molecule has 1 aromatic heterocycles. The maximum Gasteiger partial charge on any atom is 0.410 e. The number of Topliss-reactive ketones (excluding diaryl/α,β-unsaturated/α-hetero) is 3. The number of hydrogen-bond donors (Lipinski definition) is 5. The normalized spacial score (nSPS) is 16.7. The highest BCUT2D eigenvalue weighted by molar-refractivity contribution is 7.09. The third-order valence-corrected chi connectivity index (χ3v) is 18.0. The van der Waals surface area contributed by atoms with E-state index in [0.29, 0.717) is 43.5 Å². The SMILES string of the molecule is CC[C@H](C)[C@@H]([C@@H](CC(=O)N1CCC[C@H]1[C@H](OC)[C@@H](C)C(=O)C[C@@H](Cc1ccccc1)c1nccs1)OC)N(C)C(=O)[C@@H](CC(=O)[C@H](C(C)C)N(C)C(=O)OCc1ccc(NC(=O)[C@H](CCCNC(N)=O)CC(=O)[C@@H](NC(=O)CON)C(C)C)cc1)C(C)C. The molecule has 2 heterocycles. The second kappa shape index (κ2) is 36.7. The lowest BCUT2D eigenvalue weighted by Gasteiger charge is -2.41. The van der Waals surface area contributed by atoms with E-state index in [1.54, 1.807) is 70.5 Å². The number of anilines is 1. The molecule has 7 N–H and O–H groups in total. The Balaban J connectivity index is 1.42. The summed E-state index contributed by atoms with van der Waals surface area (Å²) in [5.41, 5.74) is 7.30. The molecule has 2 aromatic carbocycles. The number of urea groups is 1. The fourth-order valence-corrected chi connectivity index (χ4v) is 12.8. The number of methoxy groups -OCH3 is 2. The largest absolute Gasteiger partial charge is 0.445 e. The standard InChI is InChI=1S/C65H99N9O13S/c1-14-42(8)59(54(84-12)36-56(79)74-30-19-23-50(74)60(85-13)43(9)51(75)34-47(62-68-29-31-88-62)32-44-20-16-15-17-21-44)72(10)63(81)49(39(2)3)35-53(77)58(41(6)7)73(11)65(83)86-37-45-24-26-48(27-25-45)70-61(80)46(22-18-28-69-64(66)82)33-52(76)57(40(4)5)71-55(78)38-87-67/h15-17,20-21,24-27,29,31,39-43,46-47,49-50,54,57-60H,14,18-19,22-23,28,30,32-38,67H2,1-13H3,(H,70,80)(H,71,78)(H3,66,69,82)/t42-,43-,46+,47+,49-,50-,54+,57-,58-,59-,60+/m0/s1. The zero-order valence-electron chi connectivity index (χ0n) is 54.0. The molecule has 22 nitrogen and oxygen atoms in total. The summed E-state index contributed by atoms with van der Waals surface area (Å²) in [6.07, 6.45) is 2.86. The number of nitrogens with one attached hydrogen (secondary N) is 3. The van der Waals surface area contributed by atoms with Crippen molar-refractivity contribution in [3.63, 3.8) is 0 Å². The molecule has 88 heavy (non-hydrogen) atoms. The van der Waals surface area contributed by atoms with Crippen molar-refractivity contribution in [2.45, 2.75) is 175 Å². The summed E-state index contributed by atoms with van der Waals surface area (Å²) in [4.78, 5) is 136. The van der Waals surface area contributed by atoms with E-state index in [1.807, 2.05) is 76.9 Å². The van der Waals surface area contributed by atoms with E-state index in [0.717, 1.165) is 17.0 Å². The lowest BCUT2D eigenvalue weighted by atomic mass is 9.83. The third-order valence-electron chi connectivity index (χ3n) is 17.1. The third kappa shape index (κ3) is 21.8. The number of ketones is 3. The number of benzene rings is 2. The van der Waals surface area contributed by atoms with E-state index in [-0.39, 0.29) is 110 Å². The lowest BCUT2D eigenvalue weighted by Crippen LogP contribution is -2.54. The van der Waals surface area contributed by atoms with Gasteiger partial charge in [0.1, 0.15) is 19.0 Å². The van der Waals surface area contributed by atoms with Crippen molar-refractivity contribution < 1.29 is 62.2 Å². The number of amides is 7. The number of carbonyl (C=O) groups excluding carboxylic acids is 9. The van der Waals surface area contributed by atoms with Crippen LogP contribution in [0.2, 0.25) is 0 Å². The van der Waals surface area contributed by atoms with Crippen LogP contribution in [0.15, 0.2) is 66.2 Å². The van der Waals surface area contributed by atoms with Crippen LogP contribution in [0.5, 0.6) is 0 Å². The smallest absolute Gasteiger partial charge is 0.410 e. The Hall–Kier alpha value is -6.66. The van der Waals surface area contributed by atoms with Crippen molar-refractivity contribution in [2.75, 3.05) is 53.3 Å². The topological polar surface area (TPSA) is 301 Å². The van der Waals surface area contributed by atoms with Gasteiger partial charge in [-0.05, 0) is 79.0 Å². The molecule has 4 rings (SSSR count). The minimum atomic E-state index is -0.950. The molecule has 1 aliphatic rings. The molecule has 7 amide bonds. The van der Waals surface area contributed by atoms with Gasteiger partial charge in [0, 0.05) is 102 Å². The van der Waals surface area contributed by atoms with Gasteiger partial charge in [-0.25, -0.2) is 20.5 Å². The molecule has 0 spiro atoms. The van der Waals surface area contributed by atoms with Crippen LogP contribution < -0.4 is 27.6 Å². The molecule has 1 aliphatic heterocycles. The average Bonchev–Trinajstić information content (AvgIpc) is 2.41. The number of hydrogen-bond acceptors (Lipinski definition) is 16. The lowest BCUT2D eigenvalue weighted by molar-refractivity contribution is -0.149. The molecular weight excluding hydrogens is 1150 g/mol. The Kier molecular flexibility index (Phi) is 30.8. The second-order valence-corrected chi connectivity index (χ2v) is 25.4. The van der Waals surface area contributed by atoms with E-state index >= 15 is 0 Å². The Bertz CT molecular complexity index is 2710. The van der Waals surface area contributed by atoms with Crippen LogP contribution in [-0.2, 0) is 65.6 Å². The summed E-state index contributed by atoms with van der Waals surface area (Å²) in [6.45, 7) is 16.9. The second-order valence-electron chi connectivity index (χ2n) is 24.5. The number of primary amides is 1.